The standard InChI is InChI=1S/C21H23N3O2S2/c1-3-4-13-26-18-12-8-7-11-17(18)19(25)22-20-23-24-21(28-20)27-14-16-10-6-5-9-15(16)2/h5-12H,3-4,13-14H2,1-2H3,(H,22,23,25). The number of nitrogens with one attached hydrogen (secondary N) is 1. The quantitative estimate of drug-likeness (QED) is 0.282. The second kappa shape index (κ2) is 10.2. The molecule has 146 valence electrons. The summed E-state index contributed by atoms with van der Waals surface area (Å²) in [6, 6.07) is 15.5. The van der Waals surface area contributed by atoms with E-state index in [2.05, 4.69) is 41.5 Å². The van der Waals surface area contributed by atoms with E-state index in [1.807, 2.05) is 30.3 Å². The summed E-state index contributed by atoms with van der Waals surface area (Å²) in [5, 5.41) is 11.6. The molecule has 1 N–H and O–H groups in total. The summed E-state index contributed by atoms with van der Waals surface area (Å²) in [6.07, 6.45) is 2.00. The molecule has 28 heavy (non-hydrogen) atoms. The summed E-state index contributed by atoms with van der Waals surface area (Å²) in [6.45, 7) is 4.80. The van der Waals surface area contributed by atoms with Crippen LogP contribution in [0.1, 0.15) is 41.3 Å². The summed E-state index contributed by atoms with van der Waals surface area (Å²) in [4.78, 5) is 12.6. The highest BCUT2D eigenvalue weighted by Crippen LogP contribution is 2.29. The van der Waals surface area contributed by atoms with Crippen LogP contribution in [0.4, 0.5) is 5.13 Å². The zero-order valence-electron chi connectivity index (χ0n) is 16.0. The minimum atomic E-state index is -0.237. The van der Waals surface area contributed by atoms with Gasteiger partial charge in [0, 0.05) is 5.75 Å². The third-order valence-electron chi connectivity index (χ3n) is 4.13. The Kier molecular flexibility index (Phi) is 7.45. The number of amides is 1. The van der Waals surface area contributed by atoms with Gasteiger partial charge in [0.2, 0.25) is 5.13 Å². The van der Waals surface area contributed by atoms with E-state index in [1.54, 1.807) is 17.8 Å². The molecule has 0 bridgehead atoms. The largest absolute Gasteiger partial charge is 0.493 e. The molecule has 0 aliphatic carbocycles. The highest BCUT2D eigenvalue weighted by Gasteiger charge is 2.15. The molecule has 0 radical (unpaired) electrons. The van der Waals surface area contributed by atoms with E-state index in [1.165, 1.54) is 22.5 Å². The van der Waals surface area contributed by atoms with Crippen LogP contribution in [0.5, 0.6) is 5.75 Å². The predicted molar refractivity (Wildman–Crippen MR) is 115 cm³/mol. The van der Waals surface area contributed by atoms with E-state index >= 15 is 0 Å². The molecule has 1 heterocycles. The van der Waals surface area contributed by atoms with Crippen molar-refractivity contribution in [1.29, 1.82) is 0 Å². The number of ether oxygens (including phenoxy) is 1. The summed E-state index contributed by atoms with van der Waals surface area (Å²) in [5.74, 6) is 1.18. The lowest BCUT2D eigenvalue weighted by Gasteiger charge is -2.10. The molecule has 0 unspecified atom stereocenters. The van der Waals surface area contributed by atoms with Gasteiger partial charge in [-0.3, -0.25) is 10.1 Å². The van der Waals surface area contributed by atoms with Gasteiger partial charge in [-0.15, -0.1) is 10.2 Å². The van der Waals surface area contributed by atoms with E-state index in [4.69, 9.17) is 4.74 Å². The van der Waals surface area contributed by atoms with Crippen molar-refractivity contribution >= 4 is 34.1 Å². The van der Waals surface area contributed by atoms with Gasteiger partial charge >= 0.3 is 0 Å². The number of rotatable bonds is 9. The molecule has 0 aliphatic rings. The molecule has 3 aromatic rings. The SMILES string of the molecule is CCCCOc1ccccc1C(=O)Nc1nnc(SCc2ccccc2C)s1. The Bertz CT molecular complexity index is 927. The Morgan fingerprint density at radius 1 is 1.14 bits per heavy atom. The summed E-state index contributed by atoms with van der Waals surface area (Å²) in [5.41, 5.74) is 3.03. The van der Waals surface area contributed by atoms with Crippen molar-refractivity contribution in [3.8, 4) is 5.75 Å². The highest BCUT2D eigenvalue weighted by molar-refractivity contribution is 8.00. The third kappa shape index (κ3) is 5.56. The molecule has 3 rings (SSSR count). The van der Waals surface area contributed by atoms with E-state index in [0.717, 1.165) is 22.9 Å². The number of carbonyl (C=O) groups is 1. The van der Waals surface area contributed by atoms with Gasteiger partial charge in [0.1, 0.15) is 5.75 Å². The normalized spacial score (nSPS) is 10.6. The second-order valence-electron chi connectivity index (χ2n) is 6.24. The van der Waals surface area contributed by atoms with Crippen molar-refractivity contribution in [3.63, 3.8) is 0 Å². The van der Waals surface area contributed by atoms with E-state index < -0.39 is 0 Å². The Balaban J connectivity index is 1.60. The lowest BCUT2D eigenvalue weighted by molar-refractivity contribution is 0.102. The number of carbonyl (C=O) groups excluding carboxylic acids is 1. The fourth-order valence-electron chi connectivity index (χ4n) is 2.50. The number of para-hydroxylation sites is 1. The van der Waals surface area contributed by atoms with Gasteiger partial charge < -0.3 is 4.74 Å². The number of anilines is 1. The Labute approximate surface area is 173 Å². The third-order valence-corrected chi connectivity index (χ3v) is 6.15. The number of hydrogen-bond acceptors (Lipinski definition) is 6. The zero-order chi connectivity index (χ0) is 19.8. The van der Waals surface area contributed by atoms with Crippen LogP contribution in [0, 0.1) is 6.92 Å². The van der Waals surface area contributed by atoms with Crippen LogP contribution < -0.4 is 10.1 Å². The van der Waals surface area contributed by atoms with Crippen molar-refractivity contribution < 1.29 is 9.53 Å². The maximum Gasteiger partial charge on any atom is 0.261 e. The number of aryl methyl sites for hydroxylation is 1. The van der Waals surface area contributed by atoms with Crippen molar-refractivity contribution in [2.24, 2.45) is 0 Å². The lowest BCUT2D eigenvalue weighted by atomic mass is 10.1. The van der Waals surface area contributed by atoms with Crippen LogP contribution in [0.3, 0.4) is 0 Å². The van der Waals surface area contributed by atoms with Crippen molar-refractivity contribution in [2.75, 3.05) is 11.9 Å². The van der Waals surface area contributed by atoms with Gasteiger partial charge in [-0.1, -0.05) is 72.8 Å². The molecule has 0 atom stereocenters. The number of thioether (sulfide) groups is 1. The minimum Gasteiger partial charge on any atom is -0.493 e. The fraction of sp³-hybridized carbons (Fsp3) is 0.286. The molecule has 7 heteroatoms. The van der Waals surface area contributed by atoms with Crippen LogP contribution in [0.25, 0.3) is 0 Å². The average molecular weight is 414 g/mol. The van der Waals surface area contributed by atoms with E-state index in [9.17, 15) is 4.79 Å². The predicted octanol–water partition coefficient (Wildman–Crippen LogP) is 5.57. The van der Waals surface area contributed by atoms with Crippen molar-refractivity contribution in [3.05, 3.63) is 65.2 Å². The first-order valence-corrected chi connectivity index (χ1v) is 11.0. The molecule has 0 spiro atoms. The first kappa shape index (κ1) is 20.4. The first-order chi connectivity index (χ1) is 13.7. The molecule has 0 saturated heterocycles. The van der Waals surface area contributed by atoms with Crippen molar-refractivity contribution in [1.82, 2.24) is 10.2 Å². The Hall–Kier alpha value is -2.38. The topological polar surface area (TPSA) is 64.1 Å². The van der Waals surface area contributed by atoms with Gasteiger partial charge in [0.15, 0.2) is 4.34 Å². The maximum atomic E-state index is 12.6. The van der Waals surface area contributed by atoms with E-state index in [-0.39, 0.29) is 5.91 Å². The van der Waals surface area contributed by atoms with Gasteiger partial charge in [0.25, 0.3) is 5.91 Å². The Morgan fingerprint density at radius 3 is 2.75 bits per heavy atom. The van der Waals surface area contributed by atoms with Crippen LogP contribution >= 0.6 is 23.1 Å². The summed E-state index contributed by atoms with van der Waals surface area (Å²) in [7, 11) is 0. The number of aromatic nitrogens is 2. The van der Waals surface area contributed by atoms with E-state index in [0.29, 0.717) is 23.1 Å². The van der Waals surface area contributed by atoms with Gasteiger partial charge in [-0.05, 0) is 36.6 Å². The van der Waals surface area contributed by atoms with Gasteiger partial charge in [0.05, 0.1) is 12.2 Å². The van der Waals surface area contributed by atoms with Crippen LogP contribution in [0.15, 0.2) is 52.9 Å². The minimum absolute atomic E-state index is 0.237. The average Bonchev–Trinajstić information content (AvgIpc) is 3.15. The number of unbranched alkanes of at least 4 members (excludes halogenated alkanes) is 1. The number of benzene rings is 2. The van der Waals surface area contributed by atoms with Gasteiger partial charge in [-0.2, -0.15) is 0 Å². The molecule has 1 amide bonds. The molecule has 2 aromatic carbocycles. The van der Waals surface area contributed by atoms with Crippen LogP contribution in [-0.2, 0) is 5.75 Å². The molecule has 0 saturated carbocycles. The maximum absolute atomic E-state index is 12.6. The van der Waals surface area contributed by atoms with Crippen LogP contribution in [-0.4, -0.2) is 22.7 Å². The monoisotopic (exact) mass is 413 g/mol. The molecule has 0 aliphatic heterocycles. The smallest absolute Gasteiger partial charge is 0.261 e. The number of nitrogens with zero attached hydrogens (tertiary/aromatic N) is 2. The second-order valence-corrected chi connectivity index (χ2v) is 8.44. The zero-order valence-corrected chi connectivity index (χ0v) is 17.6. The molecular formula is C21H23N3O2S2. The summed E-state index contributed by atoms with van der Waals surface area (Å²) < 4.78 is 6.57. The van der Waals surface area contributed by atoms with Gasteiger partial charge in [-0.25, -0.2) is 0 Å². The summed E-state index contributed by atoms with van der Waals surface area (Å²) >= 11 is 2.99. The molecular weight excluding hydrogens is 390 g/mol. The molecule has 5 nitrogen and oxygen atoms in total. The fourth-order valence-corrected chi connectivity index (χ4v) is 4.32. The lowest BCUT2D eigenvalue weighted by Crippen LogP contribution is -2.13. The molecule has 1 aromatic heterocycles. The Morgan fingerprint density at radius 2 is 1.93 bits per heavy atom. The molecule has 0 fully saturated rings. The van der Waals surface area contributed by atoms with Crippen LogP contribution in [0.2, 0.25) is 0 Å². The number of hydrogen-bond donors (Lipinski definition) is 1. The highest BCUT2D eigenvalue weighted by atomic mass is 32.2. The van der Waals surface area contributed by atoms with Crippen molar-refractivity contribution in [2.45, 2.75) is 36.8 Å². The first-order valence-electron chi connectivity index (χ1n) is 9.21.